The minimum absolute atomic E-state index is 0.106. The average molecular weight is 422 g/mol. The lowest BCUT2D eigenvalue weighted by atomic mass is 9.86. The topological polar surface area (TPSA) is 98.3 Å². The molecule has 0 atom stereocenters. The van der Waals surface area contributed by atoms with Crippen LogP contribution in [-0.2, 0) is 0 Å². The molecule has 1 aliphatic heterocycles. The maximum atomic E-state index is 13.5. The minimum Gasteiger partial charge on any atom is -0.497 e. The predicted octanol–water partition coefficient (Wildman–Crippen LogP) is 3.44. The van der Waals surface area contributed by atoms with Crippen molar-refractivity contribution >= 4 is 22.9 Å². The summed E-state index contributed by atoms with van der Waals surface area (Å²) in [5.74, 6) is -0.217. The van der Waals surface area contributed by atoms with E-state index in [0.717, 1.165) is 34.5 Å². The van der Waals surface area contributed by atoms with E-state index in [-0.39, 0.29) is 11.5 Å². The number of methoxy groups -OCH3 is 1. The number of nitrogens with one attached hydrogen (secondary N) is 5. The van der Waals surface area contributed by atoms with Gasteiger partial charge in [-0.05, 0) is 55.9 Å². The monoisotopic (exact) mass is 421 g/mol. The molecular weight excluding hydrogens is 390 g/mol. The van der Waals surface area contributed by atoms with Crippen molar-refractivity contribution in [3.05, 3.63) is 53.6 Å². The first-order chi connectivity index (χ1) is 14.9. The maximum Gasteiger partial charge on any atom is 0.207 e. The molecule has 3 rings (SSSR count). The van der Waals surface area contributed by atoms with Gasteiger partial charge in [0.25, 0.3) is 0 Å². The lowest BCUT2D eigenvalue weighted by Gasteiger charge is -2.38. The quantitative estimate of drug-likeness (QED) is 0.242. The van der Waals surface area contributed by atoms with Crippen LogP contribution in [0.1, 0.15) is 35.7 Å². The number of fused-ring (bicyclic) bond motifs is 1. The number of ketones is 1. The van der Waals surface area contributed by atoms with Gasteiger partial charge < -0.3 is 20.8 Å². The van der Waals surface area contributed by atoms with Crippen LogP contribution in [0.3, 0.4) is 0 Å². The highest BCUT2D eigenvalue weighted by Crippen LogP contribution is 2.39. The number of rotatable bonds is 9. The average Bonchev–Trinajstić information content (AvgIpc) is 2.82. The summed E-state index contributed by atoms with van der Waals surface area (Å²) in [6.07, 6.45) is 3.15. The zero-order chi connectivity index (χ0) is 22.6. The number of carbonyl (C=O) groups excluding carboxylic acids is 1. The van der Waals surface area contributed by atoms with Crippen molar-refractivity contribution < 1.29 is 9.53 Å². The molecule has 0 spiro atoms. The minimum atomic E-state index is -0.667. The second-order valence-corrected chi connectivity index (χ2v) is 7.44. The molecule has 0 radical (unpaired) electrons. The maximum absolute atomic E-state index is 13.5. The van der Waals surface area contributed by atoms with Crippen LogP contribution in [0.25, 0.3) is 16.8 Å². The molecule has 164 valence electrons. The van der Waals surface area contributed by atoms with Gasteiger partial charge in [0.1, 0.15) is 5.75 Å². The summed E-state index contributed by atoms with van der Waals surface area (Å²) in [4.78, 5) is 13.5. The van der Waals surface area contributed by atoms with Crippen LogP contribution in [0.15, 0.2) is 42.5 Å². The Hall–Kier alpha value is -3.16. The Morgan fingerprint density at radius 2 is 1.90 bits per heavy atom. The van der Waals surface area contributed by atoms with Crippen LogP contribution in [0.5, 0.6) is 5.75 Å². The first-order valence-electron chi connectivity index (χ1n) is 10.4. The van der Waals surface area contributed by atoms with Crippen LogP contribution >= 0.6 is 0 Å². The molecule has 0 aromatic heterocycles. The summed E-state index contributed by atoms with van der Waals surface area (Å²) < 4.78 is 5.39. The van der Waals surface area contributed by atoms with Gasteiger partial charge in [-0.25, -0.2) is 0 Å². The highest BCUT2D eigenvalue weighted by molar-refractivity contribution is 6.47. The number of benzene rings is 2. The summed E-state index contributed by atoms with van der Waals surface area (Å²) >= 11 is 0. The molecule has 7 heteroatoms. The Bertz CT molecular complexity index is 1020. The fourth-order valence-electron chi connectivity index (χ4n) is 3.90. The summed E-state index contributed by atoms with van der Waals surface area (Å²) in [5.41, 5.74) is 4.62. The van der Waals surface area contributed by atoms with Crippen molar-refractivity contribution in [2.45, 2.75) is 25.6 Å². The van der Waals surface area contributed by atoms with Crippen molar-refractivity contribution in [2.75, 3.05) is 33.6 Å². The molecule has 0 amide bonds. The van der Waals surface area contributed by atoms with Gasteiger partial charge >= 0.3 is 0 Å². The summed E-state index contributed by atoms with van der Waals surface area (Å²) in [5, 5.41) is 21.6. The van der Waals surface area contributed by atoms with Crippen LogP contribution in [-0.4, -0.2) is 45.5 Å². The molecule has 0 saturated carbocycles. The van der Waals surface area contributed by atoms with Gasteiger partial charge in [-0.1, -0.05) is 31.5 Å². The Kier molecular flexibility index (Phi) is 6.77. The second kappa shape index (κ2) is 9.32. The molecule has 1 aliphatic rings. The molecule has 0 fully saturated rings. The fraction of sp³-hybridized carbons (Fsp3) is 0.333. The highest BCUT2D eigenvalue weighted by Gasteiger charge is 2.34. The standard InChI is InChI=1S/C24H31N5O2/c1-6-8-18(25)23(30)21-17(15-9-7-10-16(13-15)31-5)11-12-19-22(21)20(26-2)14-24(27-3,28-4)29-19/h7,9-14,25-29H,6,8H2,1-5H3. The molecule has 7 nitrogen and oxygen atoms in total. The zero-order valence-electron chi connectivity index (χ0n) is 18.8. The van der Waals surface area contributed by atoms with E-state index < -0.39 is 5.79 Å². The normalized spacial score (nSPS) is 14.2. The SMILES string of the molecule is CCCC(=N)C(=O)c1c(-c2cccc(OC)c2)ccc2c1C(NC)=CC(NC)(NC)N2. The van der Waals surface area contributed by atoms with Gasteiger partial charge in [-0.15, -0.1) is 0 Å². The number of ether oxygens (including phenoxy) is 1. The lowest BCUT2D eigenvalue weighted by molar-refractivity contribution is 0.106. The number of hydrogen-bond acceptors (Lipinski definition) is 7. The van der Waals surface area contributed by atoms with Crippen LogP contribution in [0.2, 0.25) is 0 Å². The van der Waals surface area contributed by atoms with Crippen LogP contribution in [0.4, 0.5) is 5.69 Å². The molecule has 1 heterocycles. The molecule has 5 N–H and O–H groups in total. The predicted molar refractivity (Wildman–Crippen MR) is 127 cm³/mol. The largest absolute Gasteiger partial charge is 0.497 e. The van der Waals surface area contributed by atoms with E-state index >= 15 is 0 Å². The van der Waals surface area contributed by atoms with E-state index in [1.807, 2.05) is 70.5 Å². The Balaban J connectivity index is 2.31. The van der Waals surface area contributed by atoms with Gasteiger partial charge in [0, 0.05) is 29.6 Å². The first kappa shape index (κ1) is 22.5. The van der Waals surface area contributed by atoms with E-state index in [1.54, 1.807) is 7.11 Å². The van der Waals surface area contributed by atoms with Crippen molar-refractivity contribution in [3.8, 4) is 16.9 Å². The highest BCUT2D eigenvalue weighted by atomic mass is 16.5. The van der Waals surface area contributed by atoms with Gasteiger partial charge in [0.2, 0.25) is 5.78 Å². The van der Waals surface area contributed by atoms with Crippen molar-refractivity contribution in [3.63, 3.8) is 0 Å². The molecule has 31 heavy (non-hydrogen) atoms. The lowest BCUT2D eigenvalue weighted by Crippen LogP contribution is -2.60. The smallest absolute Gasteiger partial charge is 0.207 e. The van der Waals surface area contributed by atoms with Crippen molar-refractivity contribution in [1.29, 1.82) is 5.41 Å². The molecule has 0 saturated heterocycles. The summed E-state index contributed by atoms with van der Waals surface area (Å²) in [6.45, 7) is 1.97. The van der Waals surface area contributed by atoms with Crippen LogP contribution in [0, 0.1) is 5.41 Å². The summed E-state index contributed by atoms with van der Waals surface area (Å²) in [6, 6.07) is 11.5. The van der Waals surface area contributed by atoms with E-state index in [0.29, 0.717) is 17.7 Å². The fourth-order valence-corrected chi connectivity index (χ4v) is 3.90. The van der Waals surface area contributed by atoms with E-state index in [9.17, 15) is 4.79 Å². The molecule has 0 bridgehead atoms. The third kappa shape index (κ3) is 4.19. The first-order valence-corrected chi connectivity index (χ1v) is 10.4. The summed E-state index contributed by atoms with van der Waals surface area (Å²) in [7, 11) is 7.16. The van der Waals surface area contributed by atoms with Crippen molar-refractivity contribution in [1.82, 2.24) is 16.0 Å². The molecule has 0 unspecified atom stereocenters. The molecular formula is C24H31N5O2. The second-order valence-electron chi connectivity index (χ2n) is 7.44. The molecule has 2 aromatic carbocycles. The zero-order valence-corrected chi connectivity index (χ0v) is 18.8. The molecule has 0 aliphatic carbocycles. The number of anilines is 1. The van der Waals surface area contributed by atoms with Crippen LogP contribution < -0.4 is 26.0 Å². The number of carbonyl (C=O) groups is 1. The Morgan fingerprint density at radius 1 is 1.16 bits per heavy atom. The van der Waals surface area contributed by atoms with E-state index in [4.69, 9.17) is 10.1 Å². The third-order valence-corrected chi connectivity index (χ3v) is 5.61. The Labute approximate surface area is 183 Å². The van der Waals surface area contributed by atoms with Gasteiger partial charge in [0.15, 0.2) is 5.79 Å². The third-order valence-electron chi connectivity index (χ3n) is 5.61. The van der Waals surface area contributed by atoms with E-state index in [1.165, 1.54) is 0 Å². The van der Waals surface area contributed by atoms with Gasteiger partial charge in [0.05, 0.1) is 12.8 Å². The Morgan fingerprint density at radius 3 is 2.52 bits per heavy atom. The number of hydrogen-bond donors (Lipinski definition) is 5. The molecule has 2 aromatic rings. The van der Waals surface area contributed by atoms with Gasteiger partial charge in [-0.2, -0.15) is 0 Å². The van der Waals surface area contributed by atoms with E-state index in [2.05, 4.69) is 21.3 Å². The number of likely N-dealkylation sites (N-methyl/N-ethyl adjacent to an activating group) is 2. The van der Waals surface area contributed by atoms with Crippen molar-refractivity contribution in [2.24, 2.45) is 0 Å². The number of Topliss-reactive ketones (excluding diaryl/α,β-unsaturated/α-hetero) is 1. The van der Waals surface area contributed by atoms with Gasteiger partial charge in [-0.3, -0.25) is 15.4 Å².